The van der Waals surface area contributed by atoms with Gasteiger partial charge < -0.3 is 10.6 Å². The van der Waals surface area contributed by atoms with Gasteiger partial charge in [0, 0.05) is 18.6 Å². The number of hydrogen-bond acceptors (Lipinski definition) is 8. The van der Waals surface area contributed by atoms with Gasteiger partial charge in [-0.25, -0.2) is 27.2 Å². The van der Waals surface area contributed by atoms with Crippen molar-refractivity contribution in [1.29, 1.82) is 0 Å². The Balaban J connectivity index is 1.58. The highest BCUT2D eigenvalue weighted by Crippen LogP contribution is 2.31. The number of aromatic nitrogens is 4. The topological polar surface area (TPSA) is 131 Å². The summed E-state index contributed by atoms with van der Waals surface area (Å²) >= 11 is 1.19. The fourth-order valence-corrected chi connectivity index (χ4v) is 5.43. The maximum absolute atomic E-state index is 15.0. The van der Waals surface area contributed by atoms with Crippen molar-refractivity contribution in [2.75, 3.05) is 11.1 Å². The second kappa shape index (κ2) is 9.46. The van der Waals surface area contributed by atoms with E-state index in [1.165, 1.54) is 23.0 Å². The molecule has 0 saturated heterocycles. The van der Waals surface area contributed by atoms with E-state index < -0.39 is 39.7 Å². The van der Waals surface area contributed by atoms with Crippen molar-refractivity contribution in [3.8, 4) is 0 Å². The number of hydrogen-bond donors (Lipinski definition) is 3. The maximum Gasteiger partial charge on any atom is 0.255 e. The normalized spacial score (nSPS) is 18.4. The predicted molar refractivity (Wildman–Crippen MR) is 125 cm³/mol. The van der Waals surface area contributed by atoms with Crippen LogP contribution in [0.3, 0.4) is 0 Å². The Kier molecular flexibility index (Phi) is 6.61. The molecule has 0 radical (unpaired) electrons. The first-order valence-electron chi connectivity index (χ1n) is 10.2. The fourth-order valence-electron chi connectivity index (χ4n) is 3.34. The van der Waals surface area contributed by atoms with Crippen LogP contribution >= 0.6 is 11.3 Å². The van der Waals surface area contributed by atoms with Gasteiger partial charge >= 0.3 is 0 Å². The molecule has 3 aromatic heterocycles. The van der Waals surface area contributed by atoms with Gasteiger partial charge in [-0.05, 0) is 18.6 Å². The molecule has 0 fully saturated rings. The standard InChI is InChI=1S/C20H21F2N7O3S2/c1-3-6-34(31,32)28-14-5-4-13(21)17(15(14)22)27-20(30)12-9-33-18-16(12)23-10-24-19(18)26-11-7-25-29(2)8-11/h4-5,7-10,13,17,28H,3,6H2,1-2H3,(H,27,30)(H,23,24,26). The number of amides is 1. The van der Waals surface area contributed by atoms with Crippen molar-refractivity contribution < 1.29 is 22.0 Å². The first-order valence-corrected chi connectivity index (χ1v) is 12.7. The second-order valence-electron chi connectivity index (χ2n) is 7.51. The minimum Gasteiger partial charge on any atom is -0.339 e. The second-order valence-corrected chi connectivity index (χ2v) is 10.2. The SMILES string of the molecule is CCCS(=O)(=O)NC1=C(F)C(NC(=O)c2csc3c(Nc4cnn(C)c4)ncnc23)C(F)C=C1. The fraction of sp³-hybridized carbons (Fsp3) is 0.300. The zero-order valence-corrected chi connectivity index (χ0v) is 19.8. The van der Waals surface area contributed by atoms with Crippen LogP contribution in [0, 0.1) is 0 Å². The molecule has 34 heavy (non-hydrogen) atoms. The van der Waals surface area contributed by atoms with Crippen LogP contribution in [0.15, 0.2) is 47.8 Å². The number of allylic oxidation sites excluding steroid dienone is 1. The highest BCUT2D eigenvalue weighted by molar-refractivity contribution is 7.89. The van der Waals surface area contributed by atoms with E-state index in [9.17, 15) is 22.0 Å². The van der Waals surface area contributed by atoms with Crippen LogP contribution in [0.2, 0.25) is 0 Å². The monoisotopic (exact) mass is 509 g/mol. The van der Waals surface area contributed by atoms with Crippen LogP contribution in [0.5, 0.6) is 0 Å². The van der Waals surface area contributed by atoms with Gasteiger partial charge in [0.05, 0.1) is 39.1 Å². The molecule has 3 N–H and O–H groups in total. The van der Waals surface area contributed by atoms with Crippen molar-refractivity contribution in [2.24, 2.45) is 7.05 Å². The van der Waals surface area contributed by atoms with Gasteiger partial charge in [-0.1, -0.05) is 6.92 Å². The van der Waals surface area contributed by atoms with Gasteiger partial charge in [0.1, 0.15) is 24.4 Å². The number of halogens is 2. The molecule has 3 heterocycles. The number of alkyl halides is 1. The predicted octanol–water partition coefficient (Wildman–Crippen LogP) is 2.69. The molecule has 0 bridgehead atoms. The van der Waals surface area contributed by atoms with Gasteiger partial charge in [-0.3, -0.25) is 14.2 Å². The molecule has 1 amide bonds. The number of nitrogens with zero attached hydrogens (tertiary/aromatic N) is 4. The largest absolute Gasteiger partial charge is 0.339 e. The zero-order chi connectivity index (χ0) is 24.5. The highest BCUT2D eigenvalue weighted by Gasteiger charge is 2.33. The summed E-state index contributed by atoms with van der Waals surface area (Å²) in [5.41, 5.74) is 0.688. The average molecular weight is 510 g/mol. The lowest BCUT2D eigenvalue weighted by Crippen LogP contribution is -2.44. The van der Waals surface area contributed by atoms with Crippen molar-refractivity contribution in [2.45, 2.75) is 25.6 Å². The van der Waals surface area contributed by atoms with Crippen LogP contribution in [0.1, 0.15) is 23.7 Å². The van der Waals surface area contributed by atoms with Crippen molar-refractivity contribution in [3.05, 3.63) is 53.3 Å². The summed E-state index contributed by atoms with van der Waals surface area (Å²) in [5.74, 6) is -1.64. The maximum atomic E-state index is 15.0. The van der Waals surface area contributed by atoms with E-state index in [0.717, 1.165) is 12.2 Å². The lowest BCUT2D eigenvalue weighted by atomic mass is 10.0. The third-order valence-electron chi connectivity index (χ3n) is 4.89. The minimum absolute atomic E-state index is 0.110. The summed E-state index contributed by atoms with van der Waals surface area (Å²) < 4.78 is 57.7. The molecule has 10 nitrogen and oxygen atoms in total. The van der Waals surface area contributed by atoms with E-state index >= 15 is 0 Å². The first kappa shape index (κ1) is 23.8. The molecular formula is C20H21F2N7O3S2. The third-order valence-corrected chi connectivity index (χ3v) is 7.34. The molecule has 0 spiro atoms. The van der Waals surface area contributed by atoms with Crippen LogP contribution in [-0.2, 0) is 17.1 Å². The van der Waals surface area contributed by atoms with Gasteiger partial charge in [-0.15, -0.1) is 11.3 Å². The number of nitrogens with one attached hydrogen (secondary N) is 3. The Labute approximate surface area is 197 Å². The van der Waals surface area contributed by atoms with Crippen LogP contribution in [0.4, 0.5) is 20.3 Å². The summed E-state index contributed by atoms with van der Waals surface area (Å²) in [6.07, 6.45) is 5.06. The molecule has 2 unspecified atom stereocenters. The number of fused-ring (bicyclic) bond motifs is 1. The molecule has 1 aliphatic carbocycles. The Morgan fingerprint density at radius 3 is 2.82 bits per heavy atom. The third kappa shape index (κ3) is 4.92. The number of carbonyl (C=O) groups is 1. The molecule has 180 valence electrons. The number of anilines is 2. The summed E-state index contributed by atoms with van der Waals surface area (Å²) in [6, 6.07) is -1.69. The molecule has 14 heteroatoms. The number of sulfonamides is 1. The van der Waals surface area contributed by atoms with Crippen molar-refractivity contribution in [1.82, 2.24) is 29.8 Å². The zero-order valence-electron chi connectivity index (χ0n) is 18.1. The Morgan fingerprint density at radius 2 is 2.12 bits per heavy atom. The molecule has 4 rings (SSSR count). The van der Waals surface area contributed by atoms with E-state index in [-0.39, 0.29) is 11.3 Å². The van der Waals surface area contributed by atoms with E-state index in [1.807, 2.05) is 0 Å². The molecule has 2 atom stereocenters. The van der Waals surface area contributed by atoms with Gasteiger partial charge in [0.2, 0.25) is 10.0 Å². The summed E-state index contributed by atoms with van der Waals surface area (Å²) in [4.78, 5) is 21.3. The molecule has 1 aliphatic rings. The van der Waals surface area contributed by atoms with E-state index in [1.54, 1.807) is 31.0 Å². The number of rotatable bonds is 8. The van der Waals surface area contributed by atoms with Gasteiger partial charge in [0.25, 0.3) is 5.91 Å². The van der Waals surface area contributed by atoms with Crippen molar-refractivity contribution >= 4 is 49.0 Å². The molecule has 0 aliphatic heterocycles. The van der Waals surface area contributed by atoms with Crippen LogP contribution in [0.25, 0.3) is 10.2 Å². The minimum atomic E-state index is -3.80. The Bertz CT molecular complexity index is 1400. The van der Waals surface area contributed by atoms with Crippen molar-refractivity contribution in [3.63, 3.8) is 0 Å². The summed E-state index contributed by atoms with van der Waals surface area (Å²) in [5, 5.41) is 11.0. The molecular weight excluding hydrogens is 488 g/mol. The number of aryl methyl sites for hydroxylation is 1. The van der Waals surface area contributed by atoms with E-state index in [0.29, 0.717) is 28.1 Å². The van der Waals surface area contributed by atoms with Crippen LogP contribution in [-0.4, -0.2) is 52.0 Å². The van der Waals surface area contributed by atoms with E-state index in [4.69, 9.17) is 0 Å². The average Bonchev–Trinajstić information content (AvgIpc) is 3.39. The Hall–Kier alpha value is -3.39. The quantitative estimate of drug-likeness (QED) is 0.426. The van der Waals surface area contributed by atoms with Crippen LogP contribution < -0.4 is 15.4 Å². The van der Waals surface area contributed by atoms with E-state index in [2.05, 4.69) is 30.4 Å². The number of thiophene rings is 1. The summed E-state index contributed by atoms with van der Waals surface area (Å²) in [7, 11) is -2.03. The van der Waals surface area contributed by atoms with Gasteiger partial charge in [-0.2, -0.15) is 5.10 Å². The highest BCUT2D eigenvalue weighted by atomic mass is 32.2. The summed E-state index contributed by atoms with van der Waals surface area (Å²) in [6.45, 7) is 1.66. The lowest BCUT2D eigenvalue weighted by Gasteiger charge is -2.24. The lowest BCUT2D eigenvalue weighted by molar-refractivity contribution is 0.0923. The molecule has 0 aromatic carbocycles. The molecule has 0 saturated carbocycles. The Morgan fingerprint density at radius 1 is 1.32 bits per heavy atom. The van der Waals surface area contributed by atoms with Gasteiger partial charge in [0.15, 0.2) is 5.82 Å². The first-order chi connectivity index (χ1) is 16.2. The molecule has 3 aromatic rings. The smallest absolute Gasteiger partial charge is 0.255 e. The number of carbonyl (C=O) groups excluding carboxylic acids is 1.